The van der Waals surface area contributed by atoms with Gasteiger partial charge in [0, 0.05) is 6.26 Å². The van der Waals surface area contributed by atoms with Gasteiger partial charge in [-0.15, -0.1) is 0 Å². The maximum atomic E-state index is 13.3. The Balaban J connectivity index is 2.43. The lowest BCUT2D eigenvalue weighted by Gasteiger charge is -2.07. The number of aryl methyl sites for hydroxylation is 1. The fourth-order valence-corrected chi connectivity index (χ4v) is 1.87. The summed E-state index contributed by atoms with van der Waals surface area (Å²) in [6, 6.07) is 4.67. The van der Waals surface area contributed by atoms with Gasteiger partial charge in [0.2, 0.25) is 0 Å². The first-order valence-corrected chi connectivity index (χ1v) is 7.01. The Bertz CT molecular complexity index is 454. The number of rotatable bonds is 5. The van der Waals surface area contributed by atoms with E-state index in [2.05, 4.69) is 0 Å². The Kier molecular flexibility index (Phi) is 4.29. The number of hydrogen-bond acceptors (Lipinski definition) is 3. The van der Waals surface area contributed by atoms with Crippen LogP contribution in [-0.2, 0) is 9.84 Å². The zero-order chi connectivity index (χ0) is 12.2. The smallest absolute Gasteiger partial charge is 0.165 e. The molecular weight excluding hydrogens is 231 g/mol. The van der Waals surface area contributed by atoms with Crippen LogP contribution in [0.3, 0.4) is 0 Å². The van der Waals surface area contributed by atoms with Crippen molar-refractivity contribution in [2.75, 3.05) is 18.6 Å². The van der Waals surface area contributed by atoms with Crippen LogP contribution in [0.5, 0.6) is 5.75 Å². The molecule has 5 heteroatoms. The molecule has 0 saturated heterocycles. The molecule has 0 amide bonds. The van der Waals surface area contributed by atoms with Crippen LogP contribution in [0, 0.1) is 12.7 Å². The van der Waals surface area contributed by atoms with Crippen molar-refractivity contribution in [3.8, 4) is 5.75 Å². The van der Waals surface area contributed by atoms with Gasteiger partial charge in [0.25, 0.3) is 0 Å². The summed E-state index contributed by atoms with van der Waals surface area (Å²) in [6.07, 6.45) is 1.53. The van der Waals surface area contributed by atoms with Gasteiger partial charge in [-0.05, 0) is 31.0 Å². The van der Waals surface area contributed by atoms with Crippen LogP contribution in [-0.4, -0.2) is 27.0 Å². The first kappa shape index (κ1) is 13.0. The summed E-state index contributed by atoms with van der Waals surface area (Å²) in [5.41, 5.74) is 0.820. The predicted molar refractivity (Wildman–Crippen MR) is 61.0 cm³/mol. The van der Waals surface area contributed by atoms with E-state index >= 15 is 0 Å². The van der Waals surface area contributed by atoms with Crippen LogP contribution >= 0.6 is 0 Å². The molecule has 1 aromatic carbocycles. The van der Waals surface area contributed by atoms with Gasteiger partial charge in [-0.3, -0.25) is 0 Å². The molecular formula is C11H15FO3S. The molecule has 0 spiro atoms. The van der Waals surface area contributed by atoms with Crippen LogP contribution in [0.2, 0.25) is 0 Å². The van der Waals surface area contributed by atoms with Crippen molar-refractivity contribution in [3.63, 3.8) is 0 Å². The van der Waals surface area contributed by atoms with Crippen LogP contribution in [0.15, 0.2) is 18.2 Å². The third-order valence-electron chi connectivity index (χ3n) is 2.00. The van der Waals surface area contributed by atoms with Crippen molar-refractivity contribution >= 4 is 9.84 Å². The topological polar surface area (TPSA) is 43.4 Å². The van der Waals surface area contributed by atoms with Crippen LogP contribution in [0.1, 0.15) is 12.0 Å². The molecule has 3 nitrogen and oxygen atoms in total. The summed E-state index contributed by atoms with van der Waals surface area (Å²) in [5, 5.41) is 0. The second-order valence-electron chi connectivity index (χ2n) is 3.77. The van der Waals surface area contributed by atoms with Gasteiger partial charge in [-0.2, -0.15) is 0 Å². The van der Waals surface area contributed by atoms with Crippen molar-refractivity contribution in [3.05, 3.63) is 29.6 Å². The van der Waals surface area contributed by atoms with Crippen LogP contribution < -0.4 is 4.74 Å². The second kappa shape index (κ2) is 5.30. The van der Waals surface area contributed by atoms with E-state index in [-0.39, 0.29) is 18.1 Å². The lowest BCUT2D eigenvalue weighted by molar-refractivity contribution is 0.301. The largest absolute Gasteiger partial charge is 0.490 e. The first-order valence-electron chi connectivity index (χ1n) is 4.95. The molecule has 0 N–H and O–H groups in total. The minimum atomic E-state index is -2.97. The van der Waals surface area contributed by atoms with Crippen molar-refractivity contribution < 1.29 is 17.5 Å². The highest BCUT2D eigenvalue weighted by molar-refractivity contribution is 7.90. The second-order valence-corrected chi connectivity index (χ2v) is 6.03. The van der Waals surface area contributed by atoms with Gasteiger partial charge in [0.05, 0.1) is 12.4 Å². The maximum Gasteiger partial charge on any atom is 0.165 e. The minimum Gasteiger partial charge on any atom is -0.490 e. The molecule has 0 heterocycles. The monoisotopic (exact) mass is 246 g/mol. The Hall–Kier alpha value is -1.10. The minimum absolute atomic E-state index is 0.0560. The molecule has 0 unspecified atom stereocenters. The van der Waals surface area contributed by atoms with Gasteiger partial charge in [0.1, 0.15) is 9.84 Å². The summed E-state index contributed by atoms with van der Waals surface area (Å²) in [5.74, 6) is -0.195. The lowest BCUT2D eigenvalue weighted by atomic mass is 10.2. The third kappa shape index (κ3) is 4.61. The predicted octanol–water partition coefficient (Wildman–Crippen LogP) is 1.95. The SMILES string of the molecule is Cc1ccc(OCCCS(C)(=O)=O)c(F)c1. The molecule has 0 aromatic heterocycles. The van der Waals surface area contributed by atoms with Gasteiger partial charge in [0.15, 0.2) is 11.6 Å². The van der Waals surface area contributed by atoms with E-state index in [1.54, 1.807) is 19.1 Å². The van der Waals surface area contributed by atoms with E-state index in [1.165, 1.54) is 12.3 Å². The zero-order valence-corrected chi connectivity index (χ0v) is 10.2. The van der Waals surface area contributed by atoms with E-state index in [1.807, 2.05) is 0 Å². The Morgan fingerprint density at radius 1 is 1.38 bits per heavy atom. The zero-order valence-electron chi connectivity index (χ0n) is 9.36. The summed E-state index contributed by atoms with van der Waals surface area (Å²) in [6.45, 7) is 1.99. The fraction of sp³-hybridized carbons (Fsp3) is 0.455. The van der Waals surface area contributed by atoms with E-state index in [9.17, 15) is 12.8 Å². The number of hydrogen-bond donors (Lipinski definition) is 0. The van der Waals surface area contributed by atoms with E-state index in [0.717, 1.165) is 5.56 Å². The normalized spacial score (nSPS) is 11.4. The molecule has 0 fully saturated rings. The molecule has 0 aliphatic rings. The maximum absolute atomic E-state index is 13.3. The molecule has 0 atom stereocenters. The standard InChI is InChI=1S/C11H15FO3S/c1-9-4-5-11(10(12)8-9)15-6-3-7-16(2,13)14/h4-5,8H,3,6-7H2,1-2H3. The van der Waals surface area contributed by atoms with Crippen molar-refractivity contribution in [2.45, 2.75) is 13.3 Å². The number of ether oxygens (including phenoxy) is 1. The molecule has 0 bridgehead atoms. The molecule has 0 radical (unpaired) electrons. The summed E-state index contributed by atoms with van der Waals surface area (Å²) < 4.78 is 40.1. The number of benzene rings is 1. The molecule has 0 aliphatic heterocycles. The lowest BCUT2D eigenvalue weighted by Crippen LogP contribution is -2.08. The van der Waals surface area contributed by atoms with Crippen molar-refractivity contribution in [1.82, 2.24) is 0 Å². The van der Waals surface area contributed by atoms with Gasteiger partial charge in [-0.25, -0.2) is 12.8 Å². The van der Waals surface area contributed by atoms with Gasteiger partial charge in [-0.1, -0.05) is 6.07 Å². The molecule has 1 aromatic rings. The molecule has 16 heavy (non-hydrogen) atoms. The summed E-state index contributed by atoms with van der Waals surface area (Å²) in [7, 11) is -2.97. The van der Waals surface area contributed by atoms with Gasteiger partial charge < -0.3 is 4.74 Å². The molecule has 0 saturated carbocycles. The van der Waals surface area contributed by atoms with E-state index < -0.39 is 15.7 Å². The first-order chi connectivity index (χ1) is 7.38. The van der Waals surface area contributed by atoms with Crippen LogP contribution in [0.4, 0.5) is 4.39 Å². The highest BCUT2D eigenvalue weighted by Crippen LogP contribution is 2.17. The third-order valence-corrected chi connectivity index (χ3v) is 3.03. The quantitative estimate of drug-likeness (QED) is 0.746. The van der Waals surface area contributed by atoms with E-state index in [4.69, 9.17) is 4.74 Å². The number of sulfone groups is 1. The van der Waals surface area contributed by atoms with Crippen LogP contribution in [0.25, 0.3) is 0 Å². The summed E-state index contributed by atoms with van der Waals surface area (Å²) in [4.78, 5) is 0. The Morgan fingerprint density at radius 3 is 2.62 bits per heavy atom. The number of halogens is 1. The Labute approximate surface area is 95.2 Å². The average Bonchev–Trinajstić information content (AvgIpc) is 2.13. The average molecular weight is 246 g/mol. The Morgan fingerprint density at radius 2 is 2.06 bits per heavy atom. The molecule has 90 valence electrons. The summed E-state index contributed by atoms with van der Waals surface area (Å²) >= 11 is 0. The molecule has 0 aliphatic carbocycles. The molecule has 1 rings (SSSR count). The van der Waals surface area contributed by atoms with Crippen molar-refractivity contribution in [2.24, 2.45) is 0 Å². The van der Waals surface area contributed by atoms with Crippen molar-refractivity contribution in [1.29, 1.82) is 0 Å². The highest BCUT2D eigenvalue weighted by atomic mass is 32.2. The highest BCUT2D eigenvalue weighted by Gasteiger charge is 2.05. The van der Waals surface area contributed by atoms with Gasteiger partial charge >= 0.3 is 0 Å². The fourth-order valence-electron chi connectivity index (χ4n) is 1.23. The van der Waals surface area contributed by atoms with E-state index in [0.29, 0.717) is 6.42 Å².